The maximum absolute atomic E-state index is 14.2. The molecule has 1 heterocycles. The fraction of sp³-hybridized carbons (Fsp3) is 0.357. The van der Waals surface area contributed by atoms with E-state index in [1.54, 1.807) is 51.1 Å². The van der Waals surface area contributed by atoms with Crippen LogP contribution in [0.3, 0.4) is 0 Å². The first-order valence-corrected chi connectivity index (χ1v) is 6.03. The largest absolute Gasteiger partial charge is 0.437 e. The van der Waals surface area contributed by atoms with Crippen LogP contribution in [-0.4, -0.2) is 9.55 Å². The Hall–Kier alpha value is -1.85. The smallest absolute Gasteiger partial charge is 0.295 e. The van der Waals surface area contributed by atoms with E-state index < -0.39 is 23.4 Å². The third-order valence-corrected chi connectivity index (χ3v) is 2.79. The average Bonchev–Trinajstić information content (AvgIpc) is 2.67. The number of rotatable bonds is 1. The predicted molar refractivity (Wildman–Crippen MR) is 67.6 cm³/mol. The summed E-state index contributed by atoms with van der Waals surface area (Å²) in [5.41, 5.74) is -1.89. The van der Waals surface area contributed by atoms with Crippen molar-refractivity contribution in [3.05, 3.63) is 42.0 Å². The lowest BCUT2D eigenvalue weighted by Gasteiger charge is -2.24. The summed E-state index contributed by atoms with van der Waals surface area (Å²) in [7, 11) is 0. The maximum atomic E-state index is 14.2. The highest BCUT2D eigenvalue weighted by molar-refractivity contribution is 5.56. The Balaban J connectivity index is 2.75. The van der Waals surface area contributed by atoms with E-state index in [4.69, 9.17) is 0 Å². The maximum Gasteiger partial charge on any atom is 0.437 e. The van der Waals surface area contributed by atoms with Crippen LogP contribution in [0.2, 0.25) is 0 Å². The molecule has 1 aromatic carbocycles. The average molecular weight is 286 g/mol. The number of nitrogens with zero attached hydrogens (tertiary/aromatic N) is 2. The minimum absolute atomic E-state index is 0.0251. The van der Waals surface area contributed by atoms with Gasteiger partial charge in [-0.15, -0.1) is 0 Å². The van der Waals surface area contributed by atoms with Crippen molar-refractivity contribution < 1.29 is 17.6 Å². The van der Waals surface area contributed by atoms with Crippen LogP contribution in [0, 0.1) is 5.95 Å². The van der Waals surface area contributed by atoms with Crippen LogP contribution < -0.4 is 0 Å². The Morgan fingerprint density at radius 3 is 2.00 bits per heavy atom. The molecule has 0 spiro atoms. The van der Waals surface area contributed by atoms with Gasteiger partial charge in [0.2, 0.25) is 5.95 Å². The summed E-state index contributed by atoms with van der Waals surface area (Å²) in [6, 6.07) is 8.27. The number of alkyl halides is 3. The summed E-state index contributed by atoms with van der Waals surface area (Å²) in [6.45, 7) is 4.89. The molecule has 0 bridgehead atoms. The van der Waals surface area contributed by atoms with E-state index >= 15 is 0 Å². The molecule has 0 amide bonds. The Morgan fingerprint density at radius 2 is 1.55 bits per heavy atom. The van der Waals surface area contributed by atoms with Gasteiger partial charge in [-0.25, -0.2) is 4.98 Å². The van der Waals surface area contributed by atoms with E-state index in [2.05, 4.69) is 4.98 Å². The molecule has 108 valence electrons. The Kier molecular flexibility index (Phi) is 3.36. The monoisotopic (exact) mass is 286 g/mol. The first-order chi connectivity index (χ1) is 9.12. The molecule has 0 aliphatic heterocycles. The van der Waals surface area contributed by atoms with Gasteiger partial charge in [-0.2, -0.15) is 17.6 Å². The Labute approximate surface area is 114 Å². The molecule has 2 aromatic rings. The van der Waals surface area contributed by atoms with E-state index in [1.807, 2.05) is 0 Å². The van der Waals surface area contributed by atoms with Crippen LogP contribution in [0.5, 0.6) is 0 Å². The second-order valence-electron chi connectivity index (χ2n) is 5.44. The third-order valence-electron chi connectivity index (χ3n) is 2.79. The molecule has 0 N–H and O–H groups in total. The van der Waals surface area contributed by atoms with Crippen molar-refractivity contribution in [3.63, 3.8) is 0 Å². The highest BCUT2D eigenvalue weighted by Crippen LogP contribution is 2.36. The van der Waals surface area contributed by atoms with Crippen LogP contribution >= 0.6 is 0 Å². The van der Waals surface area contributed by atoms with Crippen molar-refractivity contribution in [1.82, 2.24) is 9.55 Å². The molecule has 0 saturated carbocycles. The predicted octanol–water partition coefficient (Wildman–Crippen LogP) is 4.46. The first-order valence-electron chi connectivity index (χ1n) is 6.03. The topological polar surface area (TPSA) is 17.8 Å². The number of imidazole rings is 1. The second-order valence-corrected chi connectivity index (χ2v) is 5.44. The molecule has 6 heteroatoms. The van der Waals surface area contributed by atoms with Gasteiger partial charge in [0.25, 0.3) is 0 Å². The number of benzene rings is 1. The van der Waals surface area contributed by atoms with Gasteiger partial charge in [-0.3, -0.25) is 4.57 Å². The molecule has 0 radical (unpaired) electrons. The normalized spacial score (nSPS) is 12.8. The quantitative estimate of drug-likeness (QED) is 0.707. The summed E-state index contributed by atoms with van der Waals surface area (Å²) in [4.78, 5) is 3.48. The summed E-state index contributed by atoms with van der Waals surface area (Å²) in [6.07, 6.45) is -4.82. The van der Waals surface area contributed by atoms with Gasteiger partial charge in [0, 0.05) is 11.1 Å². The van der Waals surface area contributed by atoms with Gasteiger partial charge in [0.15, 0.2) is 5.69 Å². The standard InChI is InChI=1S/C14H14F4N2/c1-13(2,3)20-11(15)10(14(16,17)18)19-12(20)9-7-5-4-6-8-9/h4-8H,1-3H3. The molecule has 20 heavy (non-hydrogen) atoms. The van der Waals surface area contributed by atoms with Crippen molar-refractivity contribution in [1.29, 1.82) is 0 Å². The fourth-order valence-electron chi connectivity index (χ4n) is 1.97. The molecule has 0 aliphatic rings. The lowest BCUT2D eigenvalue weighted by Crippen LogP contribution is -2.25. The lowest BCUT2D eigenvalue weighted by molar-refractivity contribution is -0.143. The fourth-order valence-corrected chi connectivity index (χ4v) is 1.97. The van der Waals surface area contributed by atoms with Crippen LogP contribution in [0.1, 0.15) is 26.5 Å². The van der Waals surface area contributed by atoms with Crippen LogP contribution in [0.15, 0.2) is 30.3 Å². The second kappa shape index (κ2) is 4.61. The van der Waals surface area contributed by atoms with E-state index in [1.165, 1.54) is 0 Å². The minimum Gasteiger partial charge on any atom is -0.295 e. The summed E-state index contributed by atoms with van der Waals surface area (Å²) >= 11 is 0. The zero-order chi connectivity index (χ0) is 15.1. The molecule has 0 saturated heterocycles. The van der Waals surface area contributed by atoms with Gasteiger partial charge in [-0.05, 0) is 20.8 Å². The molecule has 0 fully saturated rings. The summed E-state index contributed by atoms with van der Waals surface area (Å²) < 4.78 is 53.6. The molecule has 2 nitrogen and oxygen atoms in total. The van der Waals surface area contributed by atoms with E-state index in [0.29, 0.717) is 5.56 Å². The SMILES string of the molecule is CC(C)(C)n1c(-c2ccccc2)nc(C(F)(F)F)c1F. The van der Waals surface area contributed by atoms with Crippen LogP contribution in [-0.2, 0) is 11.7 Å². The highest BCUT2D eigenvalue weighted by Gasteiger charge is 2.41. The minimum atomic E-state index is -4.82. The van der Waals surface area contributed by atoms with Crippen molar-refractivity contribution in [2.45, 2.75) is 32.5 Å². The van der Waals surface area contributed by atoms with Crippen molar-refractivity contribution in [3.8, 4) is 11.4 Å². The number of hydrogen-bond donors (Lipinski definition) is 0. The van der Waals surface area contributed by atoms with E-state index in [9.17, 15) is 17.6 Å². The molecular weight excluding hydrogens is 272 g/mol. The zero-order valence-corrected chi connectivity index (χ0v) is 11.3. The number of aromatic nitrogens is 2. The van der Waals surface area contributed by atoms with E-state index in [0.717, 1.165) is 4.57 Å². The van der Waals surface area contributed by atoms with E-state index in [-0.39, 0.29) is 5.82 Å². The molecular formula is C14H14F4N2. The molecule has 0 unspecified atom stereocenters. The van der Waals surface area contributed by atoms with Crippen LogP contribution in [0.25, 0.3) is 11.4 Å². The zero-order valence-electron chi connectivity index (χ0n) is 11.3. The number of hydrogen-bond acceptors (Lipinski definition) is 1. The number of halogens is 4. The molecule has 2 rings (SSSR count). The van der Waals surface area contributed by atoms with Gasteiger partial charge < -0.3 is 0 Å². The van der Waals surface area contributed by atoms with Gasteiger partial charge in [0.05, 0.1) is 0 Å². The van der Waals surface area contributed by atoms with Crippen molar-refractivity contribution >= 4 is 0 Å². The third kappa shape index (κ3) is 2.55. The highest BCUT2D eigenvalue weighted by atomic mass is 19.4. The van der Waals surface area contributed by atoms with Crippen molar-refractivity contribution in [2.75, 3.05) is 0 Å². The summed E-state index contributed by atoms with van der Waals surface area (Å²) in [5, 5.41) is 0. The molecule has 0 atom stereocenters. The molecule has 0 aliphatic carbocycles. The van der Waals surface area contributed by atoms with Gasteiger partial charge >= 0.3 is 6.18 Å². The van der Waals surface area contributed by atoms with Gasteiger partial charge in [0.1, 0.15) is 5.82 Å². The Morgan fingerprint density at radius 1 is 1.00 bits per heavy atom. The van der Waals surface area contributed by atoms with Gasteiger partial charge in [-0.1, -0.05) is 30.3 Å². The summed E-state index contributed by atoms with van der Waals surface area (Å²) in [5.74, 6) is -1.38. The van der Waals surface area contributed by atoms with Crippen molar-refractivity contribution in [2.24, 2.45) is 0 Å². The molecule has 1 aromatic heterocycles. The van der Waals surface area contributed by atoms with Crippen LogP contribution in [0.4, 0.5) is 17.6 Å². The Bertz CT molecular complexity index is 607. The first kappa shape index (κ1) is 14.6. The lowest BCUT2D eigenvalue weighted by atomic mass is 10.1.